The number of hydrogen-bond acceptors (Lipinski definition) is 3. The summed E-state index contributed by atoms with van der Waals surface area (Å²) < 4.78 is 5.57. The molecule has 3 nitrogen and oxygen atoms in total. The number of nitrogens with zero attached hydrogens (tertiary/aromatic N) is 1. The van der Waals surface area contributed by atoms with Gasteiger partial charge in [-0.2, -0.15) is 0 Å². The van der Waals surface area contributed by atoms with Gasteiger partial charge in [0.05, 0.1) is 18.4 Å². The first-order valence-electron chi connectivity index (χ1n) is 6.93. The standard InChI is InChI=1S/C15H25NO2/c1-4-5-6-7-8-15(17)13-9-14(11-16-10-13)18-12(2)3/h9-12,15,17H,4-8H2,1-3H3. The van der Waals surface area contributed by atoms with Gasteiger partial charge < -0.3 is 9.84 Å². The van der Waals surface area contributed by atoms with Crippen molar-refractivity contribution in [2.75, 3.05) is 0 Å². The Hall–Kier alpha value is -1.09. The molecule has 1 aromatic rings. The molecule has 0 bridgehead atoms. The monoisotopic (exact) mass is 251 g/mol. The highest BCUT2D eigenvalue weighted by molar-refractivity contribution is 5.25. The molecule has 1 aromatic heterocycles. The molecule has 0 amide bonds. The average molecular weight is 251 g/mol. The first-order chi connectivity index (χ1) is 8.63. The minimum atomic E-state index is -0.426. The van der Waals surface area contributed by atoms with Gasteiger partial charge in [-0.3, -0.25) is 4.98 Å². The van der Waals surface area contributed by atoms with Gasteiger partial charge in [0, 0.05) is 11.8 Å². The van der Waals surface area contributed by atoms with Crippen molar-refractivity contribution in [3.8, 4) is 5.75 Å². The van der Waals surface area contributed by atoms with E-state index in [1.54, 1.807) is 12.4 Å². The summed E-state index contributed by atoms with van der Waals surface area (Å²) in [7, 11) is 0. The molecule has 1 atom stereocenters. The quantitative estimate of drug-likeness (QED) is 0.713. The lowest BCUT2D eigenvalue weighted by Gasteiger charge is -2.13. The number of aliphatic hydroxyl groups excluding tert-OH is 1. The fraction of sp³-hybridized carbons (Fsp3) is 0.667. The van der Waals surface area contributed by atoms with E-state index in [2.05, 4.69) is 11.9 Å². The maximum Gasteiger partial charge on any atom is 0.138 e. The Morgan fingerprint density at radius 3 is 2.67 bits per heavy atom. The Balaban J connectivity index is 2.48. The Kier molecular flexibility index (Phi) is 6.73. The molecule has 0 saturated carbocycles. The number of aromatic nitrogens is 1. The van der Waals surface area contributed by atoms with Crippen LogP contribution in [0.2, 0.25) is 0 Å². The van der Waals surface area contributed by atoms with E-state index >= 15 is 0 Å². The van der Waals surface area contributed by atoms with Gasteiger partial charge in [-0.1, -0.05) is 32.6 Å². The normalized spacial score (nSPS) is 12.7. The molecule has 102 valence electrons. The summed E-state index contributed by atoms with van der Waals surface area (Å²) in [5.41, 5.74) is 0.852. The lowest BCUT2D eigenvalue weighted by atomic mass is 10.0. The highest BCUT2D eigenvalue weighted by Crippen LogP contribution is 2.23. The van der Waals surface area contributed by atoms with Crippen LogP contribution in [0.1, 0.15) is 64.5 Å². The van der Waals surface area contributed by atoms with Crippen LogP contribution in [0.15, 0.2) is 18.5 Å². The molecule has 0 aliphatic rings. The summed E-state index contributed by atoms with van der Waals surface area (Å²) in [6, 6.07) is 1.89. The van der Waals surface area contributed by atoms with E-state index in [0.717, 1.165) is 24.2 Å². The van der Waals surface area contributed by atoms with Gasteiger partial charge in [-0.05, 0) is 26.3 Å². The zero-order valence-electron chi connectivity index (χ0n) is 11.7. The highest BCUT2D eigenvalue weighted by atomic mass is 16.5. The zero-order chi connectivity index (χ0) is 13.4. The molecule has 1 unspecified atom stereocenters. The van der Waals surface area contributed by atoms with Crippen molar-refractivity contribution >= 4 is 0 Å². The molecule has 0 aliphatic carbocycles. The van der Waals surface area contributed by atoms with Crippen molar-refractivity contribution in [3.05, 3.63) is 24.0 Å². The van der Waals surface area contributed by atoms with Crippen molar-refractivity contribution in [3.63, 3.8) is 0 Å². The number of rotatable bonds is 8. The van der Waals surface area contributed by atoms with Gasteiger partial charge in [0.2, 0.25) is 0 Å². The molecule has 1 N–H and O–H groups in total. The van der Waals surface area contributed by atoms with Crippen LogP contribution in [0.4, 0.5) is 0 Å². The van der Waals surface area contributed by atoms with Crippen LogP contribution < -0.4 is 4.74 Å². The third-order valence-corrected chi connectivity index (χ3v) is 2.82. The first-order valence-corrected chi connectivity index (χ1v) is 6.93. The fourth-order valence-electron chi connectivity index (χ4n) is 1.89. The minimum absolute atomic E-state index is 0.128. The number of ether oxygens (including phenoxy) is 1. The van der Waals surface area contributed by atoms with E-state index in [1.807, 2.05) is 19.9 Å². The minimum Gasteiger partial charge on any atom is -0.489 e. The smallest absolute Gasteiger partial charge is 0.138 e. The molecule has 0 aliphatic heterocycles. The third kappa shape index (κ3) is 5.50. The molecule has 0 spiro atoms. The number of pyridine rings is 1. The fourth-order valence-corrected chi connectivity index (χ4v) is 1.89. The van der Waals surface area contributed by atoms with Crippen molar-refractivity contribution in [1.29, 1.82) is 0 Å². The second-order valence-electron chi connectivity index (χ2n) is 4.99. The van der Waals surface area contributed by atoms with E-state index in [0.29, 0.717) is 0 Å². The van der Waals surface area contributed by atoms with Gasteiger partial charge in [-0.15, -0.1) is 0 Å². The average Bonchev–Trinajstić information content (AvgIpc) is 2.34. The Morgan fingerprint density at radius 2 is 2.00 bits per heavy atom. The lowest BCUT2D eigenvalue weighted by molar-refractivity contribution is 0.162. The van der Waals surface area contributed by atoms with Crippen molar-refractivity contribution in [2.45, 2.75) is 65.1 Å². The van der Waals surface area contributed by atoms with Crippen LogP contribution in [-0.2, 0) is 0 Å². The number of unbranched alkanes of at least 4 members (excludes halogenated alkanes) is 3. The van der Waals surface area contributed by atoms with E-state index in [9.17, 15) is 5.11 Å². The first kappa shape index (κ1) is 15.0. The predicted octanol–water partition coefficient (Wildman–Crippen LogP) is 3.87. The molecule has 18 heavy (non-hydrogen) atoms. The molecule has 3 heteroatoms. The topological polar surface area (TPSA) is 42.4 Å². The Labute approximate surface area is 110 Å². The largest absolute Gasteiger partial charge is 0.489 e. The van der Waals surface area contributed by atoms with Gasteiger partial charge in [0.15, 0.2) is 0 Å². The van der Waals surface area contributed by atoms with Crippen LogP contribution in [0.3, 0.4) is 0 Å². The molecule has 1 rings (SSSR count). The molecular formula is C15H25NO2. The molecule has 0 saturated heterocycles. The van der Waals surface area contributed by atoms with Crippen LogP contribution in [0, 0.1) is 0 Å². The predicted molar refractivity (Wildman–Crippen MR) is 73.7 cm³/mol. The van der Waals surface area contributed by atoms with E-state index < -0.39 is 6.10 Å². The molecule has 0 fully saturated rings. The molecule has 0 aromatic carbocycles. The van der Waals surface area contributed by atoms with Crippen molar-refractivity contribution in [2.24, 2.45) is 0 Å². The Morgan fingerprint density at radius 1 is 1.22 bits per heavy atom. The SMILES string of the molecule is CCCCCCC(O)c1cncc(OC(C)C)c1. The van der Waals surface area contributed by atoms with E-state index in [-0.39, 0.29) is 6.10 Å². The van der Waals surface area contributed by atoms with Crippen molar-refractivity contribution < 1.29 is 9.84 Å². The van der Waals surface area contributed by atoms with Gasteiger partial charge in [-0.25, -0.2) is 0 Å². The zero-order valence-corrected chi connectivity index (χ0v) is 11.7. The van der Waals surface area contributed by atoms with Crippen LogP contribution in [0.25, 0.3) is 0 Å². The second-order valence-corrected chi connectivity index (χ2v) is 4.99. The van der Waals surface area contributed by atoms with Crippen LogP contribution in [0.5, 0.6) is 5.75 Å². The van der Waals surface area contributed by atoms with Gasteiger partial charge in [0.1, 0.15) is 5.75 Å². The van der Waals surface area contributed by atoms with Gasteiger partial charge in [0.25, 0.3) is 0 Å². The lowest BCUT2D eigenvalue weighted by Crippen LogP contribution is -2.07. The highest BCUT2D eigenvalue weighted by Gasteiger charge is 2.09. The Bertz CT molecular complexity index is 339. The summed E-state index contributed by atoms with van der Waals surface area (Å²) in [6.45, 7) is 6.15. The number of aliphatic hydroxyl groups is 1. The van der Waals surface area contributed by atoms with Gasteiger partial charge >= 0.3 is 0 Å². The summed E-state index contributed by atoms with van der Waals surface area (Å²) in [6.07, 6.45) is 8.61. The van der Waals surface area contributed by atoms with Crippen LogP contribution in [-0.4, -0.2) is 16.2 Å². The molecular weight excluding hydrogens is 226 g/mol. The molecule has 0 radical (unpaired) electrons. The van der Waals surface area contributed by atoms with E-state index in [1.165, 1.54) is 19.3 Å². The summed E-state index contributed by atoms with van der Waals surface area (Å²) in [5.74, 6) is 0.732. The maximum absolute atomic E-state index is 10.1. The third-order valence-electron chi connectivity index (χ3n) is 2.82. The summed E-state index contributed by atoms with van der Waals surface area (Å²) >= 11 is 0. The summed E-state index contributed by atoms with van der Waals surface area (Å²) in [5, 5.41) is 10.1. The second kappa shape index (κ2) is 8.09. The summed E-state index contributed by atoms with van der Waals surface area (Å²) in [4.78, 5) is 4.12. The molecule has 1 heterocycles. The maximum atomic E-state index is 10.1. The van der Waals surface area contributed by atoms with E-state index in [4.69, 9.17) is 4.74 Å². The number of hydrogen-bond donors (Lipinski definition) is 1. The van der Waals surface area contributed by atoms with Crippen molar-refractivity contribution in [1.82, 2.24) is 4.98 Å². The van der Waals surface area contributed by atoms with Crippen LogP contribution >= 0.6 is 0 Å².